The lowest BCUT2D eigenvalue weighted by Gasteiger charge is -2.38. The average molecular weight is 1850 g/mol. The Labute approximate surface area is 773 Å². The third-order valence-corrected chi connectivity index (χ3v) is 25.1. The molecule has 20 N–H and O–H groups in total. The van der Waals surface area contributed by atoms with Crippen LogP contribution in [-0.4, -0.2) is 296 Å². The number of carboxylic acids is 1. The van der Waals surface area contributed by atoms with Crippen LogP contribution in [0.15, 0.2) is 85.2 Å². The smallest absolute Gasteiger partial charge is 0.323 e. The second-order valence-electron chi connectivity index (χ2n) is 36.0. The number of hydrogen-bond acceptors (Lipinski definition) is 22. The molecule has 2 aromatic heterocycles. The number of aliphatic hydroxyl groups excluding tert-OH is 1. The lowest BCUT2D eigenvalue weighted by Crippen LogP contribution is -2.62. The number of rotatable bonds is 25. The van der Waals surface area contributed by atoms with Gasteiger partial charge >= 0.3 is 5.97 Å². The quantitative estimate of drug-likeness (QED) is 0.0348. The van der Waals surface area contributed by atoms with Gasteiger partial charge < -0.3 is 120 Å². The van der Waals surface area contributed by atoms with Gasteiger partial charge in [-0.2, -0.15) is 0 Å². The Hall–Kier alpha value is -12.4. The predicted molar refractivity (Wildman–Crippen MR) is 490 cm³/mol. The number of aromatic nitrogens is 2. The van der Waals surface area contributed by atoms with Crippen molar-refractivity contribution in [2.24, 2.45) is 40.7 Å². The molecule has 0 bridgehead atoms. The van der Waals surface area contributed by atoms with Crippen molar-refractivity contribution in [1.29, 1.82) is 0 Å². The van der Waals surface area contributed by atoms with Gasteiger partial charge in [0.05, 0.1) is 32.2 Å². The van der Waals surface area contributed by atoms with Crippen molar-refractivity contribution < 1.29 is 96.5 Å². The van der Waals surface area contributed by atoms with Crippen LogP contribution < -0.4 is 75.5 Å². The summed E-state index contributed by atoms with van der Waals surface area (Å²) in [6.07, 6.45) is 2.10. The molecule has 3 aromatic carbocycles. The van der Waals surface area contributed by atoms with E-state index < -0.39 is 236 Å². The summed E-state index contributed by atoms with van der Waals surface area (Å²) in [6.45, 7) is 7.93. The zero-order valence-electron chi connectivity index (χ0n) is 77.4. The Morgan fingerprint density at radius 3 is 1.73 bits per heavy atom. The highest BCUT2D eigenvalue weighted by atomic mass is 16.5. The highest BCUT2D eigenvalue weighted by Gasteiger charge is 2.47. The summed E-state index contributed by atoms with van der Waals surface area (Å²) in [5.41, 5.74) is 26.9. The largest absolute Gasteiger partial charge is 0.497 e. The van der Waals surface area contributed by atoms with Crippen LogP contribution in [0.1, 0.15) is 167 Å². The first-order chi connectivity index (χ1) is 63.4. The van der Waals surface area contributed by atoms with E-state index in [1.165, 1.54) is 46.7 Å². The molecule has 40 nitrogen and oxygen atoms in total. The molecule has 4 fully saturated rings. The standard InChI is InChI=1S/C93H134N20O20/c1-10-12-24-72-86(125)102-64(37-52(3)4)84(123)107-70(81(97)120)47-98-48-79(117)100-66(39-54-29-31-59(133-9)32-30-54)90(129)111-35-19-18-27-73(111)87(126)105-68(44-78(96)116)91(130)112-36-20-28-74(112)88(127)106-69(45-95)85(124)103-65(38-53(5)6)92(131)113-50-58(114)43-76(113)77(115)42-55(40-56-46-99-62-23-16-14-21-60(56)62)82(121)101-63(33-34-94)83(122)104-67(89(128)109(8)75(25-13-11-2)93(132)108(72)7)41-57-49-110(51-80(118)119)71-26-17-15-22-61(57)71/h14-17,21-23,26,29-32,46,49,52-53,55,58,63-70,72-76,98-99,114H,10-13,18-20,24-25,27-28,33-45,47-48,50-51,94-95H2,1-9H3,(H2,96,116)(H2,97,120)(H,100,117)(H,101,121)(H,102,125)(H,103,124)(H,104,122)(H,105,126)(H,106,127)(H,107,123)(H,118,119)/t55-,58-,63+,64+,65+,66+,67+,68+,69+,70+,72+,73+,74+,75+,76+/m1/s1. The molecule has 40 heteroatoms. The first-order valence-electron chi connectivity index (χ1n) is 46.1. The minimum absolute atomic E-state index is 0.0123. The maximum Gasteiger partial charge on any atom is 0.323 e. The van der Waals surface area contributed by atoms with E-state index in [1.54, 1.807) is 107 Å². The number of nitrogens with zero attached hydrogens (tertiary/aromatic N) is 6. The normalized spacial score (nSPS) is 25.6. The molecule has 4 aliphatic heterocycles. The number of hydrogen-bond donors (Lipinski definition) is 16. The highest BCUT2D eigenvalue weighted by Crippen LogP contribution is 2.31. The number of carboxylic acid groups (broad SMARTS) is 1. The van der Waals surface area contributed by atoms with E-state index in [4.69, 9.17) is 27.7 Å². The van der Waals surface area contributed by atoms with Gasteiger partial charge in [-0.1, -0.05) is 116 Å². The zero-order valence-corrected chi connectivity index (χ0v) is 77.4. The summed E-state index contributed by atoms with van der Waals surface area (Å²) in [5.74, 6) is -16.5. The summed E-state index contributed by atoms with van der Waals surface area (Å²) >= 11 is 0. The van der Waals surface area contributed by atoms with Gasteiger partial charge in [-0.05, 0) is 130 Å². The van der Waals surface area contributed by atoms with Crippen LogP contribution in [0.3, 0.4) is 0 Å². The molecule has 15 atom stereocenters. The van der Waals surface area contributed by atoms with Crippen LogP contribution in [0.2, 0.25) is 0 Å². The number of piperidine rings is 1. The number of fused-ring (bicyclic) bond motifs is 5. The molecule has 9 rings (SSSR count). The molecule has 6 heterocycles. The molecule has 5 aromatic rings. The molecule has 726 valence electrons. The first-order valence-corrected chi connectivity index (χ1v) is 46.1. The minimum atomic E-state index is -1.71. The fraction of sp³-hybridized carbons (Fsp3) is 0.581. The number of carbonyl (C=O) groups excluding carboxylic acids is 16. The van der Waals surface area contributed by atoms with Crippen LogP contribution >= 0.6 is 0 Å². The number of ether oxygens (including phenoxy) is 1. The molecule has 4 aliphatic rings. The maximum absolute atomic E-state index is 15.9. The van der Waals surface area contributed by atoms with E-state index in [0.717, 1.165) is 9.80 Å². The van der Waals surface area contributed by atoms with E-state index in [2.05, 4.69) is 52.8 Å². The number of Topliss-reactive ketones (excluding diaryl/α,β-unsaturated/α-hetero) is 1. The van der Waals surface area contributed by atoms with Crippen LogP contribution in [0.4, 0.5) is 0 Å². The lowest BCUT2D eigenvalue weighted by atomic mass is 9.90. The van der Waals surface area contributed by atoms with Gasteiger partial charge in [-0.3, -0.25) is 81.5 Å². The Morgan fingerprint density at radius 2 is 1.10 bits per heavy atom. The summed E-state index contributed by atoms with van der Waals surface area (Å²) in [5, 5.41) is 47.4. The van der Waals surface area contributed by atoms with E-state index in [1.807, 2.05) is 13.8 Å². The molecule has 0 saturated carbocycles. The summed E-state index contributed by atoms with van der Waals surface area (Å²) in [6, 6.07) is 1.55. The molecule has 133 heavy (non-hydrogen) atoms. The Balaban J connectivity index is 1.10. The van der Waals surface area contributed by atoms with Crippen molar-refractivity contribution in [3.8, 4) is 5.75 Å². The Bertz CT molecular complexity index is 4980. The number of nitrogens with one attached hydrogen (secondary N) is 10. The second-order valence-corrected chi connectivity index (χ2v) is 36.0. The van der Waals surface area contributed by atoms with Crippen molar-refractivity contribution in [2.75, 3.05) is 67.0 Å². The number of primary amides is 2. The third-order valence-electron chi connectivity index (χ3n) is 25.1. The van der Waals surface area contributed by atoms with Crippen LogP contribution in [0.5, 0.6) is 5.75 Å². The van der Waals surface area contributed by atoms with Crippen LogP contribution in [-0.2, 0) is 107 Å². The number of nitrogens with two attached hydrogens (primary N) is 4. The van der Waals surface area contributed by atoms with Gasteiger partial charge in [0.15, 0.2) is 5.78 Å². The molecule has 0 unspecified atom stereocenters. The van der Waals surface area contributed by atoms with E-state index in [0.29, 0.717) is 82.8 Å². The Morgan fingerprint density at radius 1 is 0.541 bits per heavy atom. The van der Waals surface area contributed by atoms with Crippen molar-refractivity contribution in [1.82, 2.24) is 81.9 Å². The van der Waals surface area contributed by atoms with Gasteiger partial charge in [0.25, 0.3) is 0 Å². The molecular formula is C93H134N20O20. The number of likely N-dealkylation sites (N-methyl/N-ethyl adjacent to an activating group) is 2. The van der Waals surface area contributed by atoms with Gasteiger partial charge in [0, 0.05) is 113 Å². The first kappa shape index (κ1) is 104. The minimum Gasteiger partial charge on any atom is -0.497 e. The topological polar surface area (TPSA) is 589 Å². The average Bonchev–Trinajstić information content (AvgIpc) is 1.67. The van der Waals surface area contributed by atoms with E-state index in [-0.39, 0.29) is 109 Å². The van der Waals surface area contributed by atoms with Crippen molar-refractivity contribution >= 4 is 122 Å². The summed E-state index contributed by atoms with van der Waals surface area (Å²) in [7, 11) is 4.21. The Kier molecular flexibility index (Phi) is 38.7. The van der Waals surface area contributed by atoms with Gasteiger partial charge in [-0.25, -0.2) is 0 Å². The summed E-state index contributed by atoms with van der Waals surface area (Å²) < 4.78 is 6.83. The highest BCUT2D eigenvalue weighted by molar-refractivity contribution is 6.02. The van der Waals surface area contributed by atoms with Crippen LogP contribution in [0.25, 0.3) is 21.8 Å². The number of aromatic amines is 1. The number of methoxy groups -OCH3 is 1. The number of benzene rings is 3. The number of para-hydroxylation sites is 2. The number of unbranched alkanes of at least 4 members (excludes halogenated alkanes) is 2. The van der Waals surface area contributed by atoms with Gasteiger partial charge in [0.1, 0.15) is 84.8 Å². The van der Waals surface area contributed by atoms with E-state index >= 15 is 38.4 Å². The molecule has 0 aliphatic carbocycles. The maximum atomic E-state index is 15.9. The fourth-order valence-corrected chi connectivity index (χ4v) is 18.1. The van der Waals surface area contributed by atoms with Crippen molar-refractivity contribution in [3.63, 3.8) is 0 Å². The number of aliphatic carboxylic acids is 1. The van der Waals surface area contributed by atoms with Crippen molar-refractivity contribution in [3.05, 3.63) is 102 Å². The monoisotopic (exact) mass is 1850 g/mol. The molecule has 15 amide bonds. The predicted octanol–water partition coefficient (Wildman–Crippen LogP) is -0.571. The third kappa shape index (κ3) is 28.1. The van der Waals surface area contributed by atoms with E-state index in [9.17, 15) is 53.4 Å². The summed E-state index contributed by atoms with van der Waals surface area (Å²) in [4.78, 5) is 259. The number of H-pyrrole nitrogens is 1. The molecular weight excluding hydrogens is 1720 g/mol. The van der Waals surface area contributed by atoms with Gasteiger partial charge in [0.2, 0.25) is 88.6 Å². The van der Waals surface area contributed by atoms with Crippen molar-refractivity contribution in [2.45, 2.75) is 261 Å². The number of carbonyl (C=O) groups is 17. The van der Waals surface area contributed by atoms with Gasteiger partial charge in [-0.15, -0.1) is 0 Å². The van der Waals surface area contributed by atoms with Crippen LogP contribution in [0, 0.1) is 17.8 Å². The fourth-order valence-electron chi connectivity index (χ4n) is 18.1. The number of aliphatic hydroxyl groups is 1. The molecule has 0 spiro atoms. The number of ketones is 1. The number of amides is 15. The molecule has 4 saturated heterocycles. The molecule has 0 radical (unpaired) electrons. The second kappa shape index (κ2) is 49.3. The zero-order chi connectivity index (χ0) is 97.2. The lowest BCUT2D eigenvalue weighted by molar-refractivity contribution is -0.149. The SMILES string of the molecule is CCCC[C@H]1C(=O)N(C)[C@@H](CCCC)C(=O)N[C@@H](CC(C)C)C(=O)N[C@H](C(N)=O)CNCC(=O)N[C@@H](Cc2ccc(OC)cc2)C(=O)N2CCCC[C@H]2C(=O)N[C@@H](CC(N)=O)C(=O)N2CCC[C@H]2C(=O)N[C@@H](CN)C(=O)N[C@@H](CC(C)C)C(=O)N2C[C@H](O)C[C@H]2C(=O)C[C@@H](Cc2c[nH]c3ccccc23)C(=O)N[C@@H](CCN)C(=O)N[C@@H](Cc2cn(CC(=O)O)c3ccccc23)C(=O)N1C.